The highest BCUT2D eigenvalue weighted by atomic mass is 16.5. The van der Waals surface area contributed by atoms with E-state index in [0.717, 1.165) is 25.7 Å². The second kappa shape index (κ2) is 22.6. The highest BCUT2D eigenvalue weighted by molar-refractivity contribution is 5.96. The molecule has 14 nitrogen and oxygen atoms in total. The number of cyclic esters (lactones) is 1. The summed E-state index contributed by atoms with van der Waals surface area (Å²) in [6, 6.07) is -4.87. The monoisotopic (exact) mass is 725 g/mol. The van der Waals surface area contributed by atoms with Crippen LogP contribution in [0.15, 0.2) is 0 Å². The molecular formula is C37H68N6O8. The van der Waals surface area contributed by atoms with Crippen molar-refractivity contribution in [2.45, 2.75) is 162 Å². The van der Waals surface area contributed by atoms with Crippen molar-refractivity contribution in [3.8, 4) is 0 Å². The Bertz CT molecular complexity index is 1140. The van der Waals surface area contributed by atoms with Crippen molar-refractivity contribution in [3.05, 3.63) is 0 Å². The third kappa shape index (κ3) is 15.5. The second-order valence-corrected chi connectivity index (χ2v) is 15.2. The molecule has 0 spiro atoms. The quantitative estimate of drug-likeness (QED) is 0.108. The van der Waals surface area contributed by atoms with Gasteiger partial charge in [-0.15, -0.1) is 0 Å². The van der Waals surface area contributed by atoms with Crippen LogP contribution >= 0.6 is 0 Å². The van der Waals surface area contributed by atoms with E-state index >= 15 is 0 Å². The number of aliphatic hydroxyl groups is 1. The average molecular weight is 725 g/mol. The molecule has 14 heteroatoms. The topological polar surface area (TPSA) is 209 Å². The number of esters is 1. The molecule has 1 aliphatic rings. The maximum absolute atomic E-state index is 14.1. The predicted octanol–water partition coefficient (Wildman–Crippen LogP) is 2.30. The molecule has 0 aromatic carbocycles. The van der Waals surface area contributed by atoms with Gasteiger partial charge in [-0.3, -0.25) is 28.8 Å². The van der Waals surface area contributed by atoms with Gasteiger partial charge in [0, 0.05) is 13.6 Å². The van der Waals surface area contributed by atoms with Gasteiger partial charge in [0.1, 0.15) is 36.8 Å². The Labute approximate surface area is 305 Å². The van der Waals surface area contributed by atoms with E-state index in [0.29, 0.717) is 25.7 Å². The summed E-state index contributed by atoms with van der Waals surface area (Å²) in [7, 11) is 1.53. The van der Waals surface area contributed by atoms with Gasteiger partial charge in [-0.2, -0.15) is 0 Å². The zero-order valence-electron chi connectivity index (χ0n) is 32.6. The predicted molar refractivity (Wildman–Crippen MR) is 196 cm³/mol. The Hall–Kier alpha value is -3.26. The first kappa shape index (κ1) is 45.8. The van der Waals surface area contributed by atoms with E-state index in [1.165, 1.54) is 45.1 Å². The van der Waals surface area contributed by atoms with Gasteiger partial charge in [-0.1, -0.05) is 92.9 Å². The zero-order chi connectivity index (χ0) is 38.9. The molecule has 0 aliphatic carbocycles. The van der Waals surface area contributed by atoms with E-state index in [9.17, 15) is 33.9 Å². The molecule has 0 saturated carbocycles. The number of nitrogens with zero attached hydrogens (tertiary/aromatic N) is 1. The SMILES string of the molecule is CCCCCCCCCC[C@H]1OC(=O)CNC(=O)[C@H](C(C)(C)O)NC(=O)[C@H](CN)NC(=O)[C@H]([C@@H](C)CC)NC(=O)[C@H](CC(C)C)N(C)C(=O)[C@@H]1C. The van der Waals surface area contributed by atoms with E-state index in [1.807, 2.05) is 20.8 Å². The van der Waals surface area contributed by atoms with Crippen LogP contribution in [0.4, 0.5) is 0 Å². The lowest BCUT2D eigenvalue weighted by molar-refractivity contribution is -0.158. The van der Waals surface area contributed by atoms with Crippen molar-refractivity contribution < 1.29 is 38.6 Å². The fraction of sp³-hybridized carbons (Fsp3) is 0.838. The van der Waals surface area contributed by atoms with Crippen LogP contribution in [-0.2, 0) is 33.5 Å². The number of hydrogen-bond donors (Lipinski definition) is 6. The van der Waals surface area contributed by atoms with Gasteiger partial charge >= 0.3 is 5.97 Å². The number of carbonyl (C=O) groups is 6. The van der Waals surface area contributed by atoms with Crippen LogP contribution in [0, 0.1) is 17.8 Å². The Balaban J connectivity index is 3.55. The molecule has 1 aliphatic heterocycles. The highest BCUT2D eigenvalue weighted by Crippen LogP contribution is 2.22. The number of unbranched alkanes of at least 4 members (excludes halogenated alkanes) is 7. The lowest BCUT2D eigenvalue weighted by atomic mass is 9.94. The summed E-state index contributed by atoms with van der Waals surface area (Å²) < 4.78 is 5.83. The fourth-order valence-electron chi connectivity index (χ4n) is 6.13. The van der Waals surface area contributed by atoms with Crippen molar-refractivity contribution in [1.82, 2.24) is 26.2 Å². The van der Waals surface area contributed by atoms with Crippen LogP contribution in [-0.4, -0.2) is 102 Å². The minimum atomic E-state index is -1.78. The first-order chi connectivity index (χ1) is 23.9. The lowest BCUT2D eigenvalue weighted by Gasteiger charge is -2.34. The number of hydrogen-bond acceptors (Lipinski definition) is 9. The minimum Gasteiger partial charge on any atom is -0.460 e. The molecule has 51 heavy (non-hydrogen) atoms. The molecule has 0 aromatic heterocycles. The fourth-order valence-corrected chi connectivity index (χ4v) is 6.13. The molecule has 0 aromatic rings. The number of ether oxygens (including phenoxy) is 1. The van der Waals surface area contributed by atoms with E-state index < -0.39 is 83.8 Å². The van der Waals surface area contributed by atoms with Crippen LogP contribution in [0.25, 0.3) is 0 Å². The Morgan fingerprint density at radius 2 is 1.45 bits per heavy atom. The summed E-state index contributed by atoms with van der Waals surface area (Å²) in [5, 5.41) is 21.1. The highest BCUT2D eigenvalue weighted by Gasteiger charge is 2.40. The maximum Gasteiger partial charge on any atom is 0.325 e. The summed E-state index contributed by atoms with van der Waals surface area (Å²) in [5.74, 6) is -5.29. The lowest BCUT2D eigenvalue weighted by Crippen LogP contribution is -2.64. The summed E-state index contributed by atoms with van der Waals surface area (Å²) in [4.78, 5) is 82.8. The molecule has 294 valence electrons. The third-order valence-electron chi connectivity index (χ3n) is 9.71. The van der Waals surface area contributed by atoms with Crippen LogP contribution < -0.4 is 27.0 Å². The van der Waals surface area contributed by atoms with E-state index in [1.54, 1.807) is 13.8 Å². The van der Waals surface area contributed by atoms with Crippen molar-refractivity contribution in [1.29, 1.82) is 0 Å². The third-order valence-corrected chi connectivity index (χ3v) is 9.71. The first-order valence-corrected chi connectivity index (χ1v) is 19.0. The van der Waals surface area contributed by atoms with Crippen molar-refractivity contribution in [2.75, 3.05) is 20.1 Å². The molecular weight excluding hydrogens is 656 g/mol. The van der Waals surface area contributed by atoms with Crippen molar-refractivity contribution >= 4 is 35.5 Å². The van der Waals surface area contributed by atoms with Crippen LogP contribution in [0.3, 0.4) is 0 Å². The van der Waals surface area contributed by atoms with Gasteiger partial charge in [0.15, 0.2) is 0 Å². The van der Waals surface area contributed by atoms with E-state index in [4.69, 9.17) is 10.5 Å². The molecule has 7 atom stereocenters. The average Bonchev–Trinajstić information content (AvgIpc) is 3.07. The molecule has 1 heterocycles. The molecule has 1 saturated heterocycles. The molecule has 1 fully saturated rings. The summed E-state index contributed by atoms with van der Waals surface area (Å²) in [6.45, 7) is 13.0. The number of rotatable bonds is 15. The van der Waals surface area contributed by atoms with Crippen LogP contribution in [0.1, 0.15) is 126 Å². The zero-order valence-corrected chi connectivity index (χ0v) is 32.6. The Morgan fingerprint density at radius 3 is 1.98 bits per heavy atom. The largest absolute Gasteiger partial charge is 0.460 e. The number of amides is 5. The van der Waals surface area contributed by atoms with Crippen LogP contribution in [0.5, 0.6) is 0 Å². The van der Waals surface area contributed by atoms with Gasteiger partial charge in [0.2, 0.25) is 29.5 Å². The standard InChI is InChI=1S/C37H68N6O8/c1-10-12-13-14-15-16-17-18-19-28-25(6)36(49)43(9)27(20-23(3)4)33(46)41-30(24(5)11-2)34(47)40-26(21-38)32(45)42-31(37(7,8)50)35(48)39-22-29(44)51-28/h23-28,30-31,50H,10-22,38H2,1-9H3,(H,39,48)(H,40,47)(H,41,46)(H,42,45)/t24-,25+,26-,27-,28+,30-,31+/m0/s1. The number of carbonyl (C=O) groups excluding carboxylic acids is 6. The van der Waals surface area contributed by atoms with Crippen LogP contribution in [0.2, 0.25) is 0 Å². The summed E-state index contributed by atoms with van der Waals surface area (Å²) in [5.41, 5.74) is 4.08. The smallest absolute Gasteiger partial charge is 0.325 e. The van der Waals surface area contributed by atoms with Crippen molar-refractivity contribution in [3.63, 3.8) is 0 Å². The number of nitrogens with one attached hydrogen (secondary N) is 4. The molecule has 7 N–H and O–H groups in total. The first-order valence-electron chi connectivity index (χ1n) is 19.0. The van der Waals surface area contributed by atoms with E-state index in [-0.39, 0.29) is 18.4 Å². The molecule has 1 rings (SSSR count). The second-order valence-electron chi connectivity index (χ2n) is 15.2. The minimum absolute atomic E-state index is 0.00684. The Morgan fingerprint density at radius 1 is 0.863 bits per heavy atom. The molecule has 0 bridgehead atoms. The van der Waals surface area contributed by atoms with Gasteiger partial charge in [-0.25, -0.2) is 0 Å². The summed E-state index contributed by atoms with van der Waals surface area (Å²) >= 11 is 0. The van der Waals surface area contributed by atoms with Gasteiger partial charge in [0.25, 0.3) is 0 Å². The van der Waals surface area contributed by atoms with Crippen molar-refractivity contribution in [2.24, 2.45) is 23.5 Å². The number of nitrogens with two attached hydrogens (primary N) is 1. The van der Waals surface area contributed by atoms with Gasteiger partial charge in [-0.05, 0) is 44.9 Å². The van der Waals surface area contributed by atoms with E-state index in [2.05, 4.69) is 28.2 Å². The number of likely N-dealkylation sites (N-methyl/N-ethyl adjacent to an activating group) is 1. The van der Waals surface area contributed by atoms with Gasteiger partial charge < -0.3 is 41.7 Å². The molecule has 0 unspecified atom stereocenters. The maximum atomic E-state index is 14.1. The molecule has 0 radical (unpaired) electrons. The molecule has 5 amide bonds. The Kier molecular flexibility index (Phi) is 20.3. The normalized spacial score (nSPS) is 25.9. The summed E-state index contributed by atoms with van der Waals surface area (Å²) in [6.07, 6.45) is 8.80. The van der Waals surface area contributed by atoms with Gasteiger partial charge in [0.05, 0.1) is 11.5 Å².